The van der Waals surface area contributed by atoms with Crippen molar-refractivity contribution in [2.75, 3.05) is 0 Å². The second-order valence-corrected chi connectivity index (χ2v) is 5.05. The molecule has 2 rings (SSSR count). The van der Waals surface area contributed by atoms with Gasteiger partial charge in [0.05, 0.1) is 3.79 Å². The molecule has 0 saturated carbocycles. The lowest BCUT2D eigenvalue weighted by Gasteiger charge is -1.89. The molecule has 0 N–H and O–H groups in total. The molecule has 0 nitrogen and oxygen atoms in total. The number of benzene rings is 1. The molecule has 1 heterocycles. The average Bonchev–Trinajstić information content (AvgIpc) is 2.27. The molecule has 1 aromatic heterocycles. The first-order chi connectivity index (χ1) is 5.25. The molecule has 0 fully saturated rings. The number of hydrogen-bond donors (Lipinski definition) is 0. The Morgan fingerprint density at radius 2 is 2.09 bits per heavy atom. The zero-order valence-electron chi connectivity index (χ0n) is 6.10. The van der Waals surface area contributed by atoms with Gasteiger partial charge in [-0.25, -0.2) is 0 Å². The van der Waals surface area contributed by atoms with E-state index in [1.54, 1.807) is 11.3 Å². The van der Waals surface area contributed by atoms with E-state index in [1.807, 2.05) is 0 Å². The minimum absolute atomic E-state index is 1.21. The van der Waals surface area contributed by atoms with Crippen LogP contribution in [0, 0.1) is 6.92 Å². The van der Waals surface area contributed by atoms with E-state index in [9.17, 15) is 0 Å². The molecule has 0 unspecified atom stereocenters. The van der Waals surface area contributed by atoms with Gasteiger partial charge in [0.1, 0.15) is 0 Å². The van der Waals surface area contributed by atoms with Gasteiger partial charge in [0, 0.05) is 4.70 Å². The van der Waals surface area contributed by atoms with Crippen LogP contribution < -0.4 is 0 Å². The summed E-state index contributed by atoms with van der Waals surface area (Å²) in [5.41, 5.74) is 1.33. The molecule has 11 heavy (non-hydrogen) atoms. The van der Waals surface area contributed by atoms with Crippen LogP contribution >= 0.6 is 27.3 Å². The third kappa shape index (κ3) is 1.33. The van der Waals surface area contributed by atoms with Crippen molar-refractivity contribution in [3.8, 4) is 0 Å². The van der Waals surface area contributed by atoms with E-state index in [2.05, 4.69) is 47.1 Å². The van der Waals surface area contributed by atoms with Crippen LogP contribution in [-0.4, -0.2) is 0 Å². The highest BCUT2D eigenvalue weighted by Crippen LogP contribution is 2.29. The Bertz CT molecular complexity index is 389. The summed E-state index contributed by atoms with van der Waals surface area (Å²) in [6, 6.07) is 8.66. The summed E-state index contributed by atoms with van der Waals surface area (Å²) in [6.45, 7) is 2.12. The maximum absolute atomic E-state index is 3.47. The summed E-state index contributed by atoms with van der Waals surface area (Å²) in [6.07, 6.45) is 0. The summed E-state index contributed by atoms with van der Waals surface area (Å²) in [5.74, 6) is 0. The fraction of sp³-hybridized carbons (Fsp3) is 0.111. The molecule has 0 atom stereocenters. The Labute approximate surface area is 78.0 Å². The van der Waals surface area contributed by atoms with Crippen LogP contribution in [0.3, 0.4) is 0 Å². The topological polar surface area (TPSA) is 0 Å². The van der Waals surface area contributed by atoms with Crippen molar-refractivity contribution in [1.82, 2.24) is 0 Å². The molecular weight excluding hydrogens is 220 g/mol. The molecule has 0 bridgehead atoms. The zero-order valence-corrected chi connectivity index (χ0v) is 8.50. The van der Waals surface area contributed by atoms with E-state index in [0.29, 0.717) is 0 Å². The largest absolute Gasteiger partial charge is 0.128 e. The highest BCUT2D eigenvalue weighted by Gasteiger charge is 1.97. The molecule has 1 aromatic carbocycles. The van der Waals surface area contributed by atoms with Gasteiger partial charge < -0.3 is 0 Å². The van der Waals surface area contributed by atoms with E-state index in [1.165, 1.54) is 19.4 Å². The van der Waals surface area contributed by atoms with Gasteiger partial charge in [-0.15, -0.1) is 11.3 Å². The highest BCUT2D eigenvalue weighted by molar-refractivity contribution is 9.11. The molecule has 0 saturated heterocycles. The second-order valence-electron chi connectivity index (χ2n) is 2.59. The minimum Gasteiger partial charge on any atom is -0.128 e. The summed E-state index contributed by atoms with van der Waals surface area (Å²) >= 11 is 5.25. The summed E-state index contributed by atoms with van der Waals surface area (Å²) in [7, 11) is 0. The molecule has 0 radical (unpaired) electrons. The predicted molar refractivity (Wildman–Crippen MR) is 54.3 cm³/mol. The van der Waals surface area contributed by atoms with E-state index < -0.39 is 0 Å². The second kappa shape index (κ2) is 2.61. The van der Waals surface area contributed by atoms with Crippen LogP contribution in [0.4, 0.5) is 0 Å². The van der Waals surface area contributed by atoms with E-state index in [-0.39, 0.29) is 0 Å². The van der Waals surface area contributed by atoms with E-state index >= 15 is 0 Å². The lowest BCUT2D eigenvalue weighted by atomic mass is 10.2. The van der Waals surface area contributed by atoms with Crippen molar-refractivity contribution < 1.29 is 0 Å². The number of aryl methyl sites for hydroxylation is 1. The standard InChI is InChI=1S/C9H7BrS/c1-6-2-3-7-5-9(10)11-8(7)4-6/h2-5H,1H3. The zero-order chi connectivity index (χ0) is 7.84. The minimum atomic E-state index is 1.21. The first-order valence-corrected chi connectivity index (χ1v) is 5.02. The Balaban J connectivity index is 2.82. The Kier molecular flexibility index (Phi) is 1.74. The summed E-state index contributed by atoms with van der Waals surface area (Å²) < 4.78 is 2.56. The smallest absolute Gasteiger partial charge is 0.0711 e. The van der Waals surface area contributed by atoms with Crippen molar-refractivity contribution in [2.24, 2.45) is 0 Å². The normalized spacial score (nSPS) is 10.7. The van der Waals surface area contributed by atoms with Crippen LogP contribution in [0.15, 0.2) is 28.1 Å². The number of thiophene rings is 1. The van der Waals surface area contributed by atoms with Crippen molar-refractivity contribution in [3.05, 3.63) is 33.6 Å². The Hall–Kier alpha value is -0.340. The average molecular weight is 227 g/mol. The van der Waals surface area contributed by atoms with Gasteiger partial charge in [-0.2, -0.15) is 0 Å². The molecule has 0 spiro atoms. The van der Waals surface area contributed by atoms with Gasteiger partial charge in [-0.1, -0.05) is 12.1 Å². The quantitative estimate of drug-likeness (QED) is 0.638. The molecule has 0 aliphatic heterocycles. The molecule has 2 aromatic rings. The van der Waals surface area contributed by atoms with Gasteiger partial charge in [0.15, 0.2) is 0 Å². The van der Waals surface area contributed by atoms with Gasteiger partial charge >= 0.3 is 0 Å². The van der Waals surface area contributed by atoms with Crippen LogP contribution in [-0.2, 0) is 0 Å². The maximum Gasteiger partial charge on any atom is 0.0711 e. The molecule has 0 aliphatic carbocycles. The number of halogens is 1. The molecule has 2 heteroatoms. The van der Waals surface area contributed by atoms with E-state index in [4.69, 9.17) is 0 Å². The van der Waals surface area contributed by atoms with Crippen LogP contribution in [0.1, 0.15) is 5.56 Å². The molecular formula is C9H7BrS. The first kappa shape index (κ1) is 7.32. The van der Waals surface area contributed by atoms with Gasteiger partial charge in [0.2, 0.25) is 0 Å². The Morgan fingerprint density at radius 1 is 1.27 bits per heavy atom. The number of hydrogen-bond acceptors (Lipinski definition) is 1. The highest BCUT2D eigenvalue weighted by atomic mass is 79.9. The summed E-state index contributed by atoms with van der Waals surface area (Å²) in [5, 5.41) is 1.33. The summed E-state index contributed by atoms with van der Waals surface area (Å²) in [4.78, 5) is 0. The van der Waals surface area contributed by atoms with Crippen molar-refractivity contribution in [3.63, 3.8) is 0 Å². The molecule has 56 valence electrons. The maximum atomic E-state index is 3.47. The lowest BCUT2D eigenvalue weighted by molar-refractivity contribution is 1.52. The first-order valence-electron chi connectivity index (χ1n) is 3.41. The van der Waals surface area contributed by atoms with Crippen molar-refractivity contribution in [2.45, 2.75) is 6.92 Å². The van der Waals surface area contributed by atoms with Crippen LogP contribution in [0.2, 0.25) is 0 Å². The monoisotopic (exact) mass is 226 g/mol. The van der Waals surface area contributed by atoms with Crippen LogP contribution in [0.25, 0.3) is 10.1 Å². The molecule has 0 amide bonds. The van der Waals surface area contributed by atoms with Gasteiger partial charge in [0.25, 0.3) is 0 Å². The fourth-order valence-corrected chi connectivity index (χ4v) is 2.76. The lowest BCUT2D eigenvalue weighted by Crippen LogP contribution is -1.66. The predicted octanol–water partition coefficient (Wildman–Crippen LogP) is 3.97. The van der Waals surface area contributed by atoms with E-state index in [0.717, 1.165) is 0 Å². The van der Waals surface area contributed by atoms with Gasteiger partial charge in [-0.05, 0) is 45.9 Å². The van der Waals surface area contributed by atoms with Crippen molar-refractivity contribution in [1.29, 1.82) is 0 Å². The van der Waals surface area contributed by atoms with Crippen LogP contribution in [0.5, 0.6) is 0 Å². The SMILES string of the molecule is Cc1ccc2cc(Br)sc2c1. The fourth-order valence-electron chi connectivity index (χ4n) is 1.11. The number of rotatable bonds is 0. The van der Waals surface area contributed by atoms with Crippen molar-refractivity contribution >= 4 is 37.4 Å². The van der Waals surface area contributed by atoms with Gasteiger partial charge in [-0.3, -0.25) is 0 Å². The molecule has 0 aliphatic rings. The third-order valence-corrected chi connectivity index (χ3v) is 3.25. The number of fused-ring (bicyclic) bond motifs is 1. The Morgan fingerprint density at radius 3 is 2.91 bits per heavy atom. The third-order valence-electron chi connectivity index (χ3n) is 1.65.